The normalized spacial score (nSPS) is 61.2. The van der Waals surface area contributed by atoms with E-state index in [-0.39, 0.29) is 23.0 Å². The van der Waals surface area contributed by atoms with Gasteiger partial charge in [0.2, 0.25) is 0 Å². The highest BCUT2D eigenvalue weighted by molar-refractivity contribution is 6.01. The Morgan fingerprint density at radius 3 is 1.25 bits per heavy atom. The quantitative estimate of drug-likeness (QED) is 0.705. The highest BCUT2D eigenvalue weighted by atomic mass is 16.4. The van der Waals surface area contributed by atoms with Crippen molar-refractivity contribution in [1.29, 1.82) is 0 Å². The number of carboxylic acids is 2. The number of aliphatic carboxylic acids is 2. The van der Waals surface area contributed by atoms with E-state index in [1.165, 1.54) is 0 Å². The summed E-state index contributed by atoms with van der Waals surface area (Å²) in [5.41, 5.74) is 0.517. The third-order valence-corrected chi connectivity index (χ3v) is 6.19. The molecule has 4 nitrogen and oxygen atoms in total. The predicted octanol–water partition coefficient (Wildman–Crippen LogP) is 0.450. The van der Waals surface area contributed by atoms with Crippen molar-refractivity contribution in [3.63, 3.8) is 0 Å². The third-order valence-electron chi connectivity index (χ3n) is 6.19. The molecule has 6 rings (SSSR count). The summed E-state index contributed by atoms with van der Waals surface area (Å²) >= 11 is 0. The number of hydrogen-bond donors (Lipinski definition) is 2. The minimum Gasteiger partial charge on any atom is -0.478 e. The summed E-state index contributed by atoms with van der Waals surface area (Å²) in [4.78, 5) is 22.5. The molecule has 82 valence electrons. The van der Waals surface area contributed by atoms with Gasteiger partial charge in [0.1, 0.15) is 0 Å². The minimum atomic E-state index is -0.988. The SMILES string of the molecule is O=C(O)C1=C(C(=O)O)C2[C@H]3C4C5[C@H]3C1[C@@H]5[C@@H]24. The molecule has 0 amide bonds. The fourth-order valence-corrected chi connectivity index (χ4v) is 6.06. The molecule has 4 saturated carbocycles. The molecule has 4 fully saturated rings. The average Bonchev–Trinajstić information content (AvgIpc) is 2.15. The van der Waals surface area contributed by atoms with Gasteiger partial charge in [-0.3, -0.25) is 0 Å². The van der Waals surface area contributed by atoms with Crippen molar-refractivity contribution in [2.24, 2.45) is 47.3 Å². The molecule has 0 aromatic rings. The Hall–Kier alpha value is -1.32. The summed E-state index contributed by atoms with van der Waals surface area (Å²) in [6.07, 6.45) is 0. The zero-order chi connectivity index (χ0) is 10.9. The van der Waals surface area contributed by atoms with Crippen molar-refractivity contribution >= 4 is 11.9 Å². The van der Waals surface area contributed by atoms with Crippen LogP contribution in [0.25, 0.3) is 0 Å². The smallest absolute Gasteiger partial charge is 0.332 e. The topological polar surface area (TPSA) is 74.6 Å². The first-order valence-corrected chi connectivity index (χ1v) is 5.85. The molecule has 6 aliphatic carbocycles. The van der Waals surface area contributed by atoms with Crippen LogP contribution in [0.1, 0.15) is 0 Å². The molecule has 2 bridgehead atoms. The Labute approximate surface area is 90.9 Å². The van der Waals surface area contributed by atoms with Crippen LogP contribution in [0.4, 0.5) is 0 Å². The van der Waals surface area contributed by atoms with E-state index in [2.05, 4.69) is 0 Å². The summed E-state index contributed by atoms with van der Waals surface area (Å²) in [6, 6.07) is 0. The van der Waals surface area contributed by atoms with Gasteiger partial charge in [0.25, 0.3) is 0 Å². The Kier molecular flexibility index (Phi) is 0.900. The molecule has 0 spiro atoms. The second-order valence-corrected chi connectivity index (χ2v) is 5.95. The zero-order valence-corrected chi connectivity index (χ0v) is 8.33. The number of carbonyl (C=O) groups is 2. The van der Waals surface area contributed by atoms with E-state index in [4.69, 9.17) is 0 Å². The van der Waals surface area contributed by atoms with Crippen molar-refractivity contribution in [2.45, 2.75) is 0 Å². The van der Waals surface area contributed by atoms with Crippen LogP contribution in [0.3, 0.4) is 0 Å². The van der Waals surface area contributed by atoms with Gasteiger partial charge in [-0.1, -0.05) is 0 Å². The van der Waals surface area contributed by atoms with Gasteiger partial charge in [0.15, 0.2) is 0 Å². The Morgan fingerprint density at radius 2 is 1.00 bits per heavy atom. The van der Waals surface area contributed by atoms with Crippen molar-refractivity contribution in [3.8, 4) is 0 Å². The lowest BCUT2D eigenvalue weighted by atomic mass is 9.11. The maximum Gasteiger partial charge on any atom is 0.332 e. The van der Waals surface area contributed by atoms with Gasteiger partial charge in [-0.05, 0) is 47.3 Å². The van der Waals surface area contributed by atoms with E-state index >= 15 is 0 Å². The monoisotopic (exact) mass is 218 g/mol. The Balaban J connectivity index is 1.76. The summed E-state index contributed by atoms with van der Waals surface area (Å²) in [5, 5.41) is 18.4. The lowest BCUT2D eigenvalue weighted by molar-refractivity contribution is -0.430. The van der Waals surface area contributed by atoms with Gasteiger partial charge in [0.05, 0.1) is 11.1 Å². The van der Waals surface area contributed by atoms with E-state index in [1.807, 2.05) is 0 Å². The van der Waals surface area contributed by atoms with Crippen molar-refractivity contribution in [2.75, 3.05) is 0 Å². The van der Waals surface area contributed by atoms with Gasteiger partial charge in [-0.25, -0.2) is 9.59 Å². The number of hydrogen-bond acceptors (Lipinski definition) is 2. The first kappa shape index (κ1) is 7.87. The summed E-state index contributed by atoms with van der Waals surface area (Å²) in [6.45, 7) is 0. The third kappa shape index (κ3) is 0.440. The molecule has 6 aliphatic rings. The van der Waals surface area contributed by atoms with Crippen LogP contribution < -0.4 is 0 Å². The van der Waals surface area contributed by atoms with Crippen LogP contribution in [0, 0.1) is 47.3 Å². The summed E-state index contributed by atoms with van der Waals surface area (Å²) in [7, 11) is 0. The number of carboxylic acid groups (broad SMARTS) is 2. The van der Waals surface area contributed by atoms with E-state index in [1.54, 1.807) is 0 Å². The molecule has 4 unspecified atom stereocenters. The predicted molar refractivity (Wildman–Crippen MR) is 50.2 cm³/mol. The van der Waals surface area contributed by atoms with Gasteiger partial charge in [0, 0.05) is 0 Å². The molecule has 0 aliphatic heterocycles. The van der Waals surface area contributed by atoms with Crippen LogP contribution in [0.15, 0.2) is 11.1 Å². The highest BCUT2D eigenvalue weighted by Crippen LogP contribution is 2.92. The fourth-order valence-electron chi connectivity index (χ4n) is 6.06. The standard InChI is InChI=1S/C12H10O4/c13-11(14)9-7-3-1-2-5(3)8(6(2)4(1)7)10(9)12(15)16/h1-8H,(H,13,14)(H,15,16)/t1?,2?,3-,4-,5-,6+,7?,8?/m0/s1. The van der Waals surface area contributed by atoms with E-state index < -0.39 is 11.9 Å². The van der Waals surface area contributed by atoms with Gasteiger partial charge in [-0.2, -0.15) is 0 Å². The lowest BCUT2D eigenvalue weighted by Crippen LogP contribution is -2.90. The van der Waals surface area contributed by atoms with Crippen LogP contribution in [-0.4, -0.2) is 22.2 Å². The van der Waals surface area contributed by atoms with E-state index in [0.29, 0.717) is 23.7 Å². The molecular weight excluding hydrogens is 208 g/mol. The van der Waals surface area contributed by atoms with Crippen molar-refractivity contribution in [1.82, 2.24) is 0 Å². The fraction of sp³-hybridized carbons (Fsp3) is 0.667. The summed E-state index contributed by atoms with van der Waals surface area (Å²) in [5.74, 6) is 1.94. The van der Waals surface area contributed by atoms with Gasteiger partial charge in [-0.15, -0.1) is 0 Å². The average molecular weight is 218 g/mol. The van der Waals surface area contributed by atoms with E-state index in [0.717, 1.165) is 11.8 Å². The number of rotatable bonds is 2. The first-order chi connectivity index (χ1) is 7.64. The maximum absolute atomic E-state index is 11.2. The Morgan fingerprint density at radius 1 is 0.688 bits per heavy atom. The highest BCUT2D eigenvalue weighted by Gasteiger charge is 2.90. The lowest BCUT2D eigenvalue weighted by Gasteiger charge is -2.92. The van der Waals surface area contributed by atoms with E-state index in [9.17, 15) is 19.8 Å². The largest absolute Gasteiger partial charge is 0.478 e. The molecular formula is C12H10O4. The molecule has 0 aromatic heterocycles. The molecule has 8 atom stereocenters. The maximum atomic E-state index is 11.2. The molecule has 0 saturated heterocycles. The van der Waals surface area contributed by atoms with Crippen LogP contribution in [0.2, 0.25) is 0 Å². The zero-order valence-electron chi connectivity index (χ0n) is 8.33. The molecule has 4 heteroatoms. The van der Waals surface area contributed by atoms with Gasteiger partial charge < -0.3 is 10.2 Å². The molecule has 2 N–H and O–H groups in total. The van der Waals surface area contributed by atoms with Gasteiger partial charge >= 0.3 is 11.9 Å². The molecule has 0 aromatic carbocycles. The minimum absolute atomic E-state index is 0.0959. The van der Waals surface area contributed by atoms with Crippen molar-refractivity contribution in [3.05, 3.63) is 11.1 Å². The Bertz CT molecular complexity index is 453. The van der Waals surface area contributed by atoms with Crippen LogP contribution in [0.5, 0.6) is 0 Å². The second kappa shape index (κ2) is 1.83. The first-order valence-electron chi connectivity index (χ1n) is 5.85. The molecule has 0 radical (unpaired) electrons. The second-order valence-electron chi connectivity index (χ2n) is 5.95. The summed E-state index contributed by atoms with van der Waals surface area (Å²) < 4.78 is 0. The van der Waals surface area contributed by atoms with Crippen LogP contribution in [-0.2, 0) is 9.59 Å². The van der Waals surface area contributed by atoms with Crippen LogP contribution >= 0.6 is 0 Å². The molecule has 16 heavy (non-hydrogen) atoms. The van der Waals surface area contributed by atoms with Crippen molar-refractivity contribution < 1.29 is 19.8 Å². The molecule has 0 heterocycles.